The van der Waals surface area contributed by atoms with Crippen LogP contribution in [0.3, 0.4) is 0 Å². The van der Waals surface area contributed by atoms with Crippen molar-refractivity contribution in [3.05, 3.63) is 76.4 Å². The van der Waals surface area contributed by atoms with E-state index in [1.807, 2.05) is 61.2 Å². The summed E-state index contributed by atoms with van der Waals surface area (Å²) in [5, 5.41) is 14.4. The van der Waals surface area contributed by atoms with Gasteiger partial charge < -0.3 is 9.64 Å². The zero-order chi connectivity index (χ0) is 22.0. The Labute approximate surface area is 186 Å². The Balaban J connectivity index is 1.65. The number of aromatic nitrogens is 2. The summed E-state index contributed by atoms with van der Waals surface area (Å²) < 4.78 is 7.68. The third-order valence-corrected chi connectivity index (χ3v) is 5.49. The minimum Gasteiger partial charge on any atom is -0.377 e. The number of carbonyl (C=O) groups is 1. The van der Waals surface area contributed by atoms with Crippen LogP contribution in [0.5, 0.6) is 0 Å². The molecule has 158 valence electrons. The second kappa shape index (κ2) is 8.93. The number of rotatable bonds is 6. The number of fused-ring (bicyclic) bond motifs is 1. The average molecular weight is 435 g/mol. The lowest BCUT2D eigenvalue weighted by Gasteiger charge is -2.33. The molecule has 0 N–H and O–H groups in total. The van der Waals surface area contributed by atoms with Crippen molar-refractivity contribution in [1.82, 2.24) is 14.7 Å². The first kappa shape index (κ1) is 21.1. The Kier molecular flexibility index (Phi) is 6.08. The maximum Gasteiger partial charge on any atom is 0.272 e. The van der Waals surface area contributed by atoms with Gasteiger partial charge in [0.25, 0.3) is 5.91 Å². The van der Waals surface area contributed by atoms with Crippen LogP contribution >= 0.6 is 11.6 Å². The van der Waals surface area contributed by atoms with E-state index in [2.05, 4.69) is 6.07 Å². The van der Waals surface area contributed by atoms with Crippen molar-refractivity contribution < 1.29 is 9.53 Å². The Morgan fingerprint density at radius 3 is 2.55 bits per heavy atom. The maximum atomic E-state index is 13.3. The molecule has 0 spiro atoms. The van der Waals surface area contributed by atoms with Gasteiger partial charge in [-0.3, -0.25) is 9.48 Å². The minimum atomic E-state index is -0.0884. The molecule has 4 rings (SSSR count). The van der Waals surface area contributed by atoms with Gasteiger partial charge >= 0.3 is 0 Å². The van der Waals surface area contributed by atoms with Crippen LogP contribution < -0.4 is 0 Å². The largest absolute Gasteiger partial charge is 0.377 e. The second-order valence-corrected chi connectivity index (χ2v) is 8.33. The van der Waals surface area contributed by atoms with Crippen LogP contribution in [0.1, 0.15) is 41.5 Å². The zero-order valence-corrected chi connectivity index (χ0v) is 18.2. The molecule has 0 fully saturated rings. The van der Waals surface area contributed by atoms with E-state index in [0.29, 0.717) is 36.0 Å². The quantitative estimate of drug-likeness (QED) is 0.563. The molecule has 6 nitrogen and oxygen atoms in total. The van der Waals surface area contributed by atoms with E-state index in [9.17, 15) is 4.79 Å². The highest BCUT2D eigenvalue weighted by molar-refractivity contribution is 6.30. The maximum absolute atomic E-state index is 13.3. The van der Waals surface area contributed by atoms with Crippen molar-refractivity contribution >= 4 is 17.5 Å². The van der Waals surface area contributed by atoms with Crippen LogP contribution in [-0.2, 0) is 11.3 Å². The van der Waals surface area contributed by atoms with Crippen LogP contribution in [0.15, 0.2) is 54.6 Å². The number of amides is 1. The van der Waals surface area contributed by atoms with Gasteiger partial charge in [0.2, 0.25) is 0 Å². The van der Waals surface area contributed by atoms with Crippen molar-refractivity contribution in [3.8, 4) is 17.3 Å². The van der Waals surface area contributed by atoms with Gasteiger partial charge in [-0.15, -0.1) is 0 Å². The van der Waals surface area contributed by atoms with E-state index >= 15 is 0 Å². The van der Waals surface area contributed by atoms with Crippen LogP contribution in [0.2, 0.25) is 5.02 Å². The lowest BCUT2D eigenvalue weighted by atomic mass is 10.1. The van der Waals surface area contributed by atoms with Gasteiger partial charge in [0.1, 0.15) is 5.69 Å². The topological polar surface area (TPSA) is 71.2 Å². The van der Waals surface area contributed by atoms with E-state index in [-0.39, 0.29) is 18.1 Å². The molecule has 31 heavy (non-hydrogen) atoms. The summed E-state index contributed by atoms with van der Waals surface area (Å²) in [6.07, 6.45) is 0.0827. The number of benzene rings is 2. The van der Waals surface area contributed by atoms with E-state index in [1.54, 1.807) is 16.8 Å². The number of hydrogen-bond acceptors (Lipinski definition) is 4. The summed E-state index contributed by atoms with van der Waals surface area (Å²) in [7, 11) is 0. The zero-order valence-electron chi connectivity index (χ0n) is 17.5. The summed E-state index contributed by atoms with van der Waals surface area (Å²) in [6.45, 7) is 5.41. The molecule has 1 aromatic heterocycles. The third-order valence-electron chi connectivity index (χ3n) is 5.24. The normalized spacial score (nSPS) is 15.8. The lowest BCUT2D eigenvalue weighted by Crippen LogP contribution is -2.44. The first-order valence-corrected chi connectivity index (χ1v) is 10.6. The number of halogens is 1. The number of ether oxygens (including phenoxy) is 1. The van der Waals surface area contributed by atoms with Crippen LogP contribution in [0.4, 0.5) is 0 Å². The molecule has 1 unspecified atom stereocenters. The molecule has 1 amide bonds. The molecular formula is C24H23ClN4O2. The highest BCUT2D eigenvalue weighted by Crippen LogP contribution is 2.28. The average Bonchev–Trinajstić information content (AvgIpc) is 3.22. The van der Waals surface area contributed by atoms with Crippen LogP contribution in [0, 0.1) is 11.3 Å². The summed E-state index contributed by atoms with van der Waals surface area (Å²) in [4.78, 5) is 15.1. The van der Waals surface area contributed by atoms with Crippen LogP contribution in [-0.4, -0.2) is 39.8 Å². The lowest BCUT2D eigenvalue weighted by molar-refractivity contribution is 0.0275. The number of hydrogen-bond donors (Lipinski definition) is 0. The second-order valence-electron chi connectivity index (χ2n) is 7.90. The fourth-order valence-electron chi connectivity index (χ4n) is 3.64. The van der Waals surface area contributed by atoms with Crippen molar-refractivity contribution in [2.75, 3.05) is 13.2 Å². The number of nitrogens with zero attached hydrogens (tertiary/aromatic N) is 4. The van der Waals surface area contributed by atoms with E-state index in [4.69, 9.17) is 26.7 Å². The van der Waals surface area contributed by atoms with Gasteiger partial charge in [-0.1, -0.05) is 35.9 Å². The minimum absolute atomic E-state index is 0.0714. The Morgan fingerprint density at radius 2 is 1.90 bits per heavy atom. The Morgan fingerprint density at radius 1 is 1.19 bits per heavy atom. The molecule has 1 aliphatic heterocycles. The van der Waals surface area contributed by atoms with Crippen molar-refractivity contribution in [3.63, 3.8) is 0 Å². The molecule has 7 heteroatoms. The molecule has 0 radical (unpaired) electrons. The smallest absolute Gasteiger partial charge is 0.272 e. The molecule has 3 aromatic rings. The molecule has 1 aliphatic rings. The van der Waals surface area contributed by atoms with Crippen molar-refractivity contribution in [1.29, 1.82) is 5.26 Å². The molecule has 0 saturated carbocycles. The third kappa shape index (κ3) is 4.63. The first-order chi connectivity index (χ1) is 14.9. The molecular weight excluding hydrogens is 412 g/mol. The summed E-state index contributed by atoms with van der Waals surface area (Å²) >= 11 is 6.01. The molecule has 0 saturated heterocycles. The van der Waals surface area contributed by atoms with Gasteiger partial charge in [-0.2, -0.15) is 10.4 Å². The van der Waals surface area contributed by atoms with Crippen molar-refractivity contribution in [2.24, 2.45) is 0 Å². The summed E-state index contributed by atoms with van der Waals surface area (Å²) in [6, 6.07) is 18.6. The van der Waals surface area contributed by atoms with Crippen molar-refractivity contribution in [2.45, 2.75) is 32.5 Å². The molecule has 2 heterocycles. The van der Waals surface area contributed by atoms with Crippen LogP contribution in [0.25, 0.3) is 11.3 Å². The van der Waals surface area contributed by atoms with Gasteiger partial charge in [-0.05, 0) is 49.7 Å². The fraction of sp³-hybridized carbons (Fsp3) is 0.292. The standard InChI is InChI=1S/C24H23ClN4O2/c1-16(2)31-15-21-14-28(13-18-5-3-17(12-26)4-6-18)24(30)23-11-22(27-29(21)23)19-7-9-20(25)10-8-19/h3-11,16,21H,13-15H2,1-2H3. The molecule has 2 aromatic carbocycles. The highest BCUT2D eigenvalue weighted by Gasteiger charge is 2.33. The van der Waals surface area contributed by atoms with Gasteiger partial charge in [0, 0.05) is 23.7 Å². The Hall–Kier alpha value is -3.14. The molecule has 0 aliphatic carbocycles. The van der Waals surface area contributed by atoms with Gasteiger partial charge in [0.15, 0.2) is 0 Å². The molecule has 1 atom stereocenters. The number of carbonyl (C=O) groups excluding carboxylic acids is 1. The monoisotopic (exact) mass is 434 g/mol. The first-order valence-electron chi connectivity index (χ1n) is 10.2. The van der Waals surface area contributed by atoms with Gasteiger partial charge in [0.05, 0.1) is 36.1 Å². The summed E-state index contributed by atoms with van der Waals surface area (Å²) in [5.41, 5.74) is 3.75. The van der Waals surface area contributed by atoms with E-state index < -0.39 is 0 Å². The fourth-order valence-corrected chi connectivity index (χ4v) is 3.77. The van der Waals surface area contributed by atoms with Gasteiger partial charge in [-0.25, -0.2) is 0 Å². The highest BCUT2D eigenvalue weighted by atomic mass is 35.5. The predicted octanol–water partition coefficient (Wildman–Crippen LogP) is 4.70. The van der Waals surface area contributed by atoms with E-state index in [0.717, 1.165) is 16.8 Å². The SMILES string of the molecule is CC(C)OCC1CN(Cc2ccc(C#N)cc2)C(=O)c2cc(-c3ccc(Cl)cc3)nn21. The van der Waals surface area contributed by atoms with E-state index in [1.165, 1.54) is 0 Å². The predicted molar refractivity (Wildman–Crippen MR) is 119 cm³/mol. The number of nitriles is 1. The molecule has 0 bridgehead atoms. The summed E-state index contributed by atoms with van der Waals surface area (Å²) in [5.74, 6) is -0.0714. The Bertz CT molecular complexity index is 1110.